The summed E-state index contributed by atoms with van der Waals surface area (Å²) in [6.45, 7) is 1.36. The van der Waals surface area contributed by atoms with Crippen LogP contribution in [0.5, 0.6) is 0 Å². The molecule has 0 radical (unpaired) electrons. The Kier molecular flexibility index (Phi) is 6.19. The zero-order chi connectivity index (χ0) is 26.4. The molecule has 0 spiro atoms. The van der Waals surface area contributed by atoms with Gasteiger partial charge in [0, 0.05) is 32.5 Å². The smallest absolute Gasteiger partial charge is 0.332 e. The van der Waals surface area contributed by atoms with Gasteiger partial charge >= 0.3 is 5.69 Å². The number of aromatic nitrogens is 3. The highest BCUT2D eigenvalue weighted by molar-refractivity contribution is 7.18. The highest BCUT2D eigenvalue weighted by atomic mass is 32.1. The van der Waals surface area contributed by atoms with Crippen LogP contribution in [0.25, 0.3) is 10.2 Å². The van der Waals surface area contributed by atoms with Crippen molar-refractivity contribution in [1.82, 2.24) is 19.0 Å². The Morgan fingerprint density at radius 1 is 1.03 bits per heavy atom. The van der Waals surface area contributed by atoms with Gasteiger partial charge in [0.2, 0.25) is 11.8 Å². The van der Waals surface area contributed by atoms with Crippen molar-refractivity contribution in [3.05, 3.63) is 91.6 Å². The second-order valence-electron chi connectivity index (χ2n) is 9.90. The molecule has 4 heterocycles. The van der Waals surface area contributed by atoms with Gasteiger partial charge in [-0.15, -0.1) is 11.3 Å². The Morgan fingerprint density at radius 2 is 1.74 bits per heavy atom. The molecule has 6 rings (SSSR count). The fourth-order valence-electron chi connectivity index (χ4n) is 5.43. The third kappa shape index (κ3) is 4.24. The largest absolute Gasteiger partial charge is 0.343 e. The van der Waals surface area contributed by atoms with Gasteiger partial charge in [0.05, 0.1) is 33.3 Å². The van der Waals surface area contributed by atoms with E-state index in [1.54, 1.807) is 16.2 Å². The van der Waals surface area contributed by atoms with E-state index in [2.05, 4.69) is 11.4 Å². The summed E-state index contributed by atoms with van der Waals surface area (Å²) in [7, 11) is 1.40. The Hall–Kier alpha value is -4.05. The number of anilines is 1. The van der Waals surface area contributed by atoms with Gasteiger partial charge in [-0.25, -0.2) is 9.78 Å². The molecule has 0 bridgehead atoms. The van der Waals surface area contributed by atoms with Crippen LogP contribution in [-0.4, -0.2) is 43.9 Å². The van der Waals surface area contributed by atoms with Gasteiger partial charge in [0.25, 0.3) is 5.56 Å². The number of nitrogens with one attached hydrogen (secondary N) is 1. The number of fused-ring (bicyclic) bond motifs is 2. The van der Waals surface area contributed by atoms with Crippen molar-refractivity contribution in [3.8, 4) is 0 Å². The lowest BCUT2D eigenvalue weighted by molar-refractivity contribution is -0.134. The standard InChI is InChI=1S/C28H27N5O4S/c1-31-27(36)23-19(25(35)30-24(23)33(28(31)37)16-17-7-3-2-4-8-17)15-22(34)32-13-11-18(12-14-32)26-29-20-9-5-6-10-21(20)38-26/h2-10,18-19H,11-16H2,1H3,(H,30,35)/t19-/m0/s1. The molecule has 1 saturated heterocycles. The molecule has 2 aliphatic rings. The normalized spacial score (nSPS) is 17.6. The van der Waals surface area contributed by atoms with Gasteiger partial charge in [-0.3, -0.25) is 23.5 Å². The summed E-state index contributed by atoms with van der Waals surface area (Å²) < 4.78 is 3.58. The number of piperidine rings is 1. The number of hydrogen-bond acceptors (Lipinski definition) is 6. The van der Waals surface area contributed by atoms with E-state index in [1.165, 1.54) is 16.3 Å². The first-order chi connectivity index (χ1) is 18.4. The van der Waals surface area contributed by atoms with E-state index in [0.717, 1.165) is 33.5 Å². The van der Waals surface area contributed by atoms with Crippen LogP contribution in [0.4, 0.5) is 5.82 Å². The van der Waals surface area contributed by atoms with Crippen LogP contribution in [0.15, 0.2) is 64.2 Å². The lowest BCUT2D eigenvalue weighted by Crippen LogP contribution is -2.41. The first-order valence-corrected chi connectivity index (χ1v) is 13.5. The predicted molar refractivity (Wildman–Crippen MR) is 146 cm³/mol. The highest BCUT2D eigenvalue weighted by Crippen LogP contribution is 2.36. The van der Waals surface area contributed by atoms with E-state index < -0.39 is 23.1 Å². The Bertz CT molecular complexity index is 1630. The summed E-state index contributed by atoms with van der Waals surface area (Å²) in [6, 6.07) is 17.4. The Labute approximate surface area is 222 Å². The summed E-state index contributed by atoms with van der Waals surface area (Å²) in [4.78, 5) is 58.9. The van der Waals surface area contributed by atoms with Crippen LogP contribution >= 0.6 is 11.3 Å². The van der Waals surface area contributed by atoms with Crippen molar-refractivity contribution >= 4 is 39.2 Å². The second-order valence-corrected chi connectivity index (χ2v) is 11.0. The molecule has 0 aliphatic carbocycles. The van der Waals surface area contributed by atoms with E-state index >= 15 is 0 Å². The molecule has 1 atom stereocenters. The van der Waals surface area contributed by atoms with Crippen molar-refractivity contribution in [1.29, 1.82) is 0 Å². The fourth-order valence-corrected chi connectivity index (χ4v) is 6.56. The zero-order valence-electron chi connectivity index (χ0n) is 20.9. The number of rotatable bonds is 5. The average Bonchev–Trinajstić information content (AvgIpc) is 3.52. The molecule has 9 nitrogen and oxygen atoms in total. The second kappa shape index (κ2) is 9.68. The van der Waals surface area contributed by atoms with Crippen molar-refractivity contribution in [2.45, 2.75) is 37.6 Å². The average molecular weight is 530 g/mol. The van der Waals surface area contributed by atoms with Gasteiger partial charge in [-0.2, -0.15) is 0 Å². The van der Waals surface area contributed by atoms with Crippen molar-refractivity contribution in [2.75, 3.05) is 18.4 Å². The van der Waals surface area contributed by atoms with Gasteiger partial charge in [0.15, 0.2) is 0 Å². The summed E-state index contributed by atoms with van der Waals surface area (Å²) in [6.07, 6.45) is 1.50. The molecule has 2 aromatic heterocycles. The number of nitrogens with zero attached hydrogens (tertiary/aromatic N) is 4. The molecular weight excluding hydrogens is 502 g/mol. The maximum atomic E-state index is 13.3. The van der Waals surface area contributed by atoms with E-state index in [1.807, 2.05) is 48.5 Å². The fraction of sp³-hybridized carbons (Fsp3) is 0.321. The molecule has 1 N–H and O–H groups in total. The zero-order valence-corrected chi connectivity index (χ0v) is 21.7. The molecule has 2 aliphatic heterocycles. The third-order valence-electron chi connectivity index (χ3n) is 7.55. The molecule has 2 aromatic carbocycles. The van der Waals surface area contributed by atoms with Crippen LogP contribution in [0.2, 0.25) is 0 Å². The Balaban J connectivity index is 1.20. The summed E-state index contributed by atoms with van der Waals surface area (Å²) in [5.41, 5.74) is 0.997. The summed E-state index contributed by atoms with van der Waals surface area (Å²) in [5.74, 6) is -1.03. The van der Waals surface area contributed by atoms with E-state index in [-0.39, 0.29) is 30.3 Å². The molecule has 1 fully saturated rings. The van der Waals surface area contributed by atoms with Crippen molar-refractivity contribution in [3.63, 3.8) is 0 Å². The SMILES string of the molecule is Cn1c(=O)c2c(n(Cc3ccccc3)c1=O)NC(=O)[C@H]2CC(=O)N1CCC(c2nc3ccccc3s2)CC1. The molecule has 2 amide bonds. The number of carbonyl (C=O) groups is 2. The number of para-hydroxylation sites is 1. The Morgan fingerprint density at radius 3 is 2.47 bits per heavy atom. The number of hydrogen-bond donors (Lipinski definition) is 1. The van der Waals surface area contributed by atoms with Crippen LogP contribution in [-0.2, 0) is 23.2 Å². The predicted octanol–water partition coefficient (Wildman–Crippen LogP) is 3.04. The molecule has 0 unspecified atom stereocenters. The molecule has 4 aromatic rings. The van der Waals surface area contributed by atoms with Gasteiger partial charge < -0.3 is 10.2 Å². The number of benzene rings is 2. The topological polar surface area (TPSA) is 106 Å². The number of likely N-dealkylation sites (tertiary alicyclic amines) is 1. The number of carbonyl (C=O) groups excluding carboxylic acids is 2. The molecule has 194 valence electrons. The van der Waals surface area contributed by atoms with E-state index in [0.29, 0.717) is 19.0 Å². The minimum Gasteiger partial charge on any atom is -0.343 e. The molecule has 0 saturated carbocycles. The van der Waals surface area contributed by atoms with E-state index in [4.69, 9.17) is 4.98 Å². The molecule has 38 heavy (non-hydrogen) atoms. The lowest BCUT2D eigenvalue weighted by Gasteiger charge is -2.31. The van der Waals surface area contributed by atoms with Crippen molar-refractivity contribution < 1.29 is 9.59 Å². The quantitative estimate of drug-likeness (QED) is 0.428. The monoisotopic (exact) mass is 529 g/mol. The van der Waals surface area contributed by atoms with Crippen LogP contribution in [0.1, 0.15) is 47.2 Å². The van der Waals surface area contributed by atoms with Crippen LogP contribution in [0, 0.1) is 0 Å². The number of amides is 2. The first kappa shape index (κ1) is 24.3. The minimum atomic E-state index is -0.930. The summed E-state index contributed by atoms with van der Waals surface area (Å²) >= 11 is 1.71. The third-order valence-corrected chi connectivity index (χ3v) is 8.75. The van der Waals surface area contributed by atoms with E-state index in [9.17, 15) is 19.2 Å². The maximum absolute atomic E-state index is 13.3. The lowest BCUT2D eigenvalue weighted by atomic mass is 9.95. The van der Waals surface area contributed by atoms with Gasteiger partial charge in [-0.05, 0) is 30.5 Å². The van der Waals surface area contributed by atoms with Gasteiger partial charge in [-0.1, -0.05) is 42.5 Å². The highest BCUT2D eigenvalue weighted by Gasteiger charge is 2.39. The van der Waals surface area contributed by atoms with Crippen LogP contribution < -0.4 is 16.6 Å². The number of thiazole rings is 1. The first-order valence-electron chi connectivity index (χ1n) is 12.7. The maximum Gasteiger partial charge on any atom is 0.332 e. The van der Waals surface area contributed by atoms with Crippen LogP contribution in [0.3, 0.4) is 0 Å². The minimum absolute atomic E-state index is 0.108. The molecular formula is C28H27N5O4S. The van der Waals surface area contributed by atoms with Gasteiger partial charge in [0.1, 0.15) is 5.82 Å². The summed E-state index contributed by atoms with van der Waals surface area (Å²) in [5, 5.41) is 3.83. The van der Waals surface area contributed by atoms with Crippen molar-refractivity contribution in [2.24, 2.45) is 7.05 Å². The molecule has 10 heteroatoms.